The zero-order valence-electron chi connectivity index (χ0n) is 12.9. The molecule has 1 atom stereocenters. The van der Waals surface area contributed by atoms with Crippen molar-refractivity contribution in [2.45, 2.75) is 32.7 Å². The molecule has 120 valence electrons. The normalized spacial score (nSPS) is 17.9. The number of rotatable bonds is 5. The molecule has 2 N–H and O–H groups in total. The zero-order chi connectivity index (χ0) is 16.1. The number of carbonyl (C=O) groups is 2. The van der Waals surface area contributed by atoms with Crippen molar-refractivity contribution in [2.24, 2.45) is 5.92 Å². The summed E-state index contributed by atoms with van der Waals surface area (Å²) in [6, 6.07) is 5.30. The molecule has 0 aliphatic carbocycles. The minimum Gasteiger partial charge on any atom is -0.338 e. The fraction of sp³-hybridized carbons (Fsp3) is 0.500. The van der Waals surface area contributed by atoms with Gasteiger partial charge in [0.25, 0.3) is 0 Å². The highest BCUT2D eigenvalue weighted by Gasteiger charge is 2.31. The standard InChI is InChI=1S/C16H22FN3O2/c1-11(2)7-8-18-16(22)19-13-9-15(21)20(10-13)14-5-3-12(17)4-6-14/h3-6,11,13H,7-10H2,1-2H3,(H2,18,19,22)/t13-/m0/s1. The van der Waals surface area contributed by atoms with Crippen molar-refractivity contribution >= 4 is 17.6 Å². The van der Waals surface area contributed by atoms with Gasteiger partial charge in [-0.3, -0.25) is 4.79 Å². The molecule has 5 nitrogen and oxygen atoms in total. The highest BCUT2D eigenvalue weighted by molar-refractivity contribution is 5.96. The Kier molecular flexibility index (Phi) is 5.35. The quantitative estimate of drug-likeness (QED) is 0.876. The lowest BCUT2D eigenvalue weighted by Crippen LogP contribution is -2.43. The van der Waals surface area contributed by atoms with E-state index in [1.165, 1.54) is 12.1 Å². The van der Waals surface area contributed by atoms with Gasteiger partial charge in [0.2, 0.25) is 5.91 Å². The molecule has 0 unspecified atom stereocenters. The van der Waals surface area contributed by atoms with Gasteiger partial charge in [0.1, 0.15) is 5.82 Å². The summed E-state index contributed by atoms with van der Waals surface area (Å²) in [5, 5.41) is 5.60. The third-order valence-electron chi connectivity index (χ3n) is 3.61. The number of hydrogen-bond donors (Lipinski definition) is 2. The molecule has 1 fully saturated rings. The second kappa shape index (κ2) is 7.24. The maximum Gasteiger partial charge on any atom is 0.315 e. The van der Waals surface area contributed by atoms with E-state index in [9.17, 15) is 14.0 Å². The molecule has 6 heteroatoms. The molecular formula is C16H22FN3O2. The minimum absolute atomic E-state index is 0.0703. The predicted octanol–water partition coefficient (Wildman–Crippen LogP) is 2.28. The van der Waals surface area contributed by atoms with Gasteiger partial charge < -0.3 is 15.5 Å². The number of halogens is 1. The smallest absolute Gasteiger partial charge is 0.315 e. The molecule has 3 amide bonds. The summed E-state index contributed by atoms with van der Waals surface area (Å²) in [5.41, 5.74) is 0.649. The molecular weight excluding hydrogens is 285 g/mol. The van der Waals surface area contributed by atoms with Crippen LogP contribution in [0, 0.1) is 11.7 Å². The van der Waals surface area contributed by atoms with Crippen LogP contribution in [0.4, 0.5) is 14.9 Å². The number of nitrogens with one attached hydrogen (secondary N) is 2. The predicted molar refractivity (Wildman–Crippen MR) is 83.1 cm³/mol. The van der Waals surface area contributed by atoms with E-state index in [1.54, 1.807) is 17.0 Å². The van der Waals surface area contributed by atoms with Crippen LogP contribution in [0.1, 0.15) is 26.7 Å². The largest absolute Gasteiger partial charge is 0.338 e. The molecule has 1 aliphatic heterocycles. The van der Waals surface area contributed by atoms with E-state index in [4.69, 9.17) is 0 Å². The molecule has 0 aromatic heterocycles. The van der Waals surface area contributed by atoms with Crippen LogP contribution in [0.2, 0.25) is 0 Å². The summed E-state index contributed by atoms with van der Waals surface area (Å²) >= 11 is 0. The molecule has 1 heterocycles. The Morgan fingerprint density at radius 1 is 1.36 bits per heavy atom. The van der Waals surface area contributed by atoms with Gasteiger partial charge in [-0.25, -0.2) is 9.18 Å². The van der Waals surface area contributed by atoms with Crippen molar-refractivity contribution in [2.75, 3.05) is 18.0 Å². The number of benzene rings is 1. The second-order valence-corrected chi connectivity index (χ2v) is 5.96. The maximum absolute atomic E-state index is 12.9. The van der Waals surface area contributed by atoms with Crippen LogP contribution in [0.3, 0.4) is 0 Å². The molecule has 1 aliphatic rings. The summed E-state index contributed by atoms with van der Waals surface area (Å²) in [4.78, 5) is 25.4. The van der Waals surface area contributed by atoms with Crippen molar-refractivity contribution in [3.05, 3.63) is 30.1 Å². The highest BCUT2D eigenvalue weighted by Crippen LogP contribution is 2.21. The third kappa shape index (κ3) is 4.44. The third-order valence-corrected chi connectivity index (χ3v) is 3.61. The van der Waals surface area contributed by atoms with Crippen molar-refractivity contribution in [1.82, 2.24) is 10.6 Å². The van der Waals surface area contributed by atoms with E-state index < -0.39 is 0 Å². The molecule has 0 bridgehead atoms. The first-order chi connectivity index (χ1) is 10.5. The van der Waals surface area contributed by atoms with E-state index in [0.29, 0.717) is 24.7 Å². The number of hydrogen-bond acceptors (Lipinski definition) is 2. The van der Waals surface area contributed by atoms with Crippen LogP contribution >= 0.6 is 0 Å². The van der Waals surface area contributed by atoms with Gasteiger partial charge in [-0.1, -0.05) is 13.8 Å². The molecule has 0 saturated carbocycles. The van der Waals surface area contributed by atoms with Crippen LogP contribution in [0.15, 0.2) is 24.3 Å². The first-order valence-corrected chi connectivity index (χ1v) is 7.56. The van der Waals surface area contributed by atoms with Crippen molar-refractivity contribution in [1.29, 1.82) is 0 Å². The summed E-state index contributed by atoms with van der Waals surface area (Å²) in [6.07, 6.45) is 1.17. The van der Waals surface area contributed by atoms with Crippen LogP contribution in [0.5, 0.6) is 0 Å². The first-order valence-electron chi connectivity index (χ1n) is 7.56. The summed E-state index contributed by atoms with van der Waals surface area (Å²) in [6.45, 7) is 5.21. The molecule has 1 aromatic rings. The number of amides is 3. The van der Waals surface area contributed by atoms with Gasteiger partial charge >= 0.3 is 6.03 Å². The van der Waals surface area contributed by atoms with E-state index >= 15 is 0 Å². The fourth-order valence-electron chi connectivity index (χ4n) is 2.39. The van der Waals surface area contributed by atoms with Gasteiger partial charge in [-0.05, 0) is 36.6 Å². The molecule has 22 heavy (non-hydrogen) atoms. The van der Waals surface area contributed by atoms with Crippen LogP contribution < -0.4 is 15.5 Å². The first kappa shape index (κ1) is 16.3. The molecule has 1 saturated heterocycles. The molecule has 0 spiro atoms. The van der Waals surface area contributed by atoms with Crippen LogP contribution in [-0.4, -0.2) is 31.1 Å². The minimum atomic E-state index is -0.338. The summed E-state index contributed by atoms with van der Waals surface area (Å²) < 4.78 is 12.9. The number of anilines is 1. The van der Waals surface area contributed by atoms with Crippen LogP contribution in [-0.2, 0) is 4.79 Å². The van der Waals surface area contributed by atoms with Gasteiger partial charge in [0.15, 0.2) is 0 Å². The SMILES string of the molecule is CC(C)CCNC(=O)N[C@H]1CC(=O)N(c2ccc(F)cc2)C1. The van der Waals surface area contributed by atoms with Crippen LogP contribution in [0.25, 0.3) is 0 Å². The van der Waals surface area contributed by atoms with Gasteiger partial charge in [0.05, 0.1) is 6.04 Å². The van der Waals surface area contributed by atoms with E-state index in [-0.39, 0.29) is 30.2 Å². The van der Waals surface area contributed by atoms with E-state index in [0.717, 1.165) is 6.42 Å². The lowest BCUT2D eigenvalue weighted by Gasteiger charge is -2.17. The topological polar surface area (TPSA) is 61.4 Å². The number of carbonyl (C=O) groups excluding carboxylic acids is 2. The lowest BCUT2D eigenvalue weighted by molar-refractivity contribution is -0.117. The molecule has 2 rings (SSSR count). The Labute approximate surface area is 129 Å². The van der Waals surface area contributed by atoms with E-state index in [2.05, 4.69) is 24.5 Å². The van der Waals surface area contributed by atoms with Crippen molar-refractivity contribution in [3.63, 3.8) is 0 Å². The average molecular weight is 307 g/mol. The highest BCUT2D eigenvalue weighted by atomic mass is 19.1. The Morgan fingerprint density at radius 3 is 2.68 bits per heavy atom. The summed E-state index contributed by atoms with van der Waals surface area (Å²) in [7, 11) is 0. The van der Waals surface area contributed by atoms with Crippen molar-refractivity contribution in [3.8, 4) is 0 Å². The fourth-order valence-corrected chi connectivity index (χ4v) is 2.39. The second-order valence-electron chi connectivity index (χ2n) is 5.96. The average Bonchev–Trinajstić information content (AvgIpc) is 2.80. The number of urea groups is 1. The number of nitrogens with zero attached hydrogens (tertiary/aromatic N) is 1. The molecule has 0 radical (unpaired) electrons. The summed E-state index contributed by atoms with van der Waals surface area (Å²) in [5.74, 6) is 0.121. The Hall–Kier alpha value is -2.11. The van der Waals surface area contributed by atoms with E-state index in [1.807, 2.05) is 0 Å². The van der Waals surface area contributed by atoms with Crippen molar-refractivity contribution < 1.29 is 14.0 Å². The Balaban J connectivity index is 1.84. The zero-order valence-corrected chi connectivity index (χ0v) is 12.9. The Bertz CT molecular complexity index is 531. The van der Waals surface area contributed by atoms with Gasteiger partial charge in [-0.15, -0.1) is 0 Å². The lowest BCUT2D eigenvalue weighted by atomic mass is 10.1. The van der Waals surface area contributed by atoms with Gasteiger partial charge in [-0.2, -0.15) is 0 Å². The maximum atomic E-state index is 12.9. The van der Waals surface area contributed by atoms with Gasteiger partial charge in [0, 0.05) is 25.2 Å². The monoisotopic (exact) mass is 307 g/mol. The Morgan fingerprint density at radius 2 is 2.05 bits per heavy atom. The molecule has 1 aromatic carbocycles.